The van der Waals surface area contributed by atoms with E-state index in [1.165, 1.54) is 0 Å². The summed E-state index contributed by atoms with van der Waals surface area (Å²) in [5, 5.41) is 20.6. The molecule has 1 aliphatic rings. The van der Waals surface area contributed by atoms with Crippen molar-refractivity contribution in [3.63, 3.8) is 0 Å². The molecule has 8 nitrogen and oxygen atoms in total. The average molecular weight is 386 g/mol. The number of aromatic nitrogens is 3. The highest BCUT2D eigenvalue weighted by Gasteiger charge is 2.43. The SMILES string of the molecule is CCC1CCC(NC(=O)c2nnn(-c3ccc(OC)cc3)c2C)(C(=O)O)CC1. The van der Waals surface area contributed by atoms with E-state index >= 15 is 0 Å². The van der Waals surface area contributed by atoms with Crippen molar-refractivity contribution in [2.75, 3.05) is 7.11 Å². The summed E-state index contributed by atoms with van der Waals surface area (Å²) in [5.41, 5.74) is 0.180. The maximum atomic E-state index is 12.8. The van der Waals surface area contributed by atoms with Crippen LogP contribution in [-0.4, -0.2) is 44.6 Å². The molecule has 0 unspecified atom stereocenters. The third-order valence-corrected chi connectivity index (χ3v) is 5.72. The molecule has 1 aliphatic carbocycles. The van der Waals surface area contributed by atoms with Gasteiger partial charge in [0, 0.05) is 0 Å². The predicted molar refractivity (Wildman–Crippen MR) is 103 cm³/mol. The first kappa shape index (κ1) is 19.9. The van der Waals surface area contributed by atoms with Gasteiger partial charge in [-0.1, -0.05) is 18.6 Å². The summed E-state index contributed by atoms with van der Waals surface area (Å²) in [6.07, 6.45) is 3.47. The molecule has 8 heteroatoms. The Morgan fingerprint density at radius 3 is 2.46 bits per heavy atom. The van der Waals surface area contributed by atoms with Crippen LogP contribution in [0.5, 0.6) is 5.75 Å². The van der Waals surface area contributed by atoms with Crippen molar-refractivity contribution in [1.29, 1.82) is 0 Å². The van der Waals surface area contributed by atoms with E-state index in [1.807, 2.05) is 12.1 Å². The Morgan fingerprint density at radius 1 is 1.29 bits per heavy atom. The van der Waals surface area contributed by atoms with E-state index in [1.54, 1.807) is 30.8 Å². The van der Waals surface area contributed by atoms with Crippen molar-refractivity contribution in [2.24, 2.45) is 5.92 Å². The number of rotatable bonds is 6. The second kappa shape index (κ2) is 8.00. The van der Waals surface area contributed by atoms with Crippen LogP contribution in [0, 0.1) is 12.8 Å². The number of benzene rings is 1. The van der Waals surface area contributed by atoms with Gasteiger partial charge >= 0.3 is 5.97 Å². The molecule has 1 fully saturated rings. The number of nitrogens with one attached hydrogen (secondary N) is 1. The number of carbonyl (C=O) groups excluding carboxylic acids is 1. The van der Waals surface area contributed by atoms with Gasteiger partial charge in [0.2, 0.25) is 0 Å². The predicted octanol–water partition coefficient (Wildman–Crippen LogP) is 2.74. The van der Waals surface area contributed by atoms with E-state index in [9.17, 15) is 14.7 Å². The Bertz CT molecular complexity index is 852. The number of hydrogen-bond donors (Lipinski definition) is 2. The lowest BCUT2D eigenvalue weighted by molar-refractivity contribution is -0.146. The first-order chi connectivity index (χ1) is 13.4. The molecule has 150 valence electrons. The maximum Gasteiger partial charge on any atom is 0.329 e. The fourth-order valence-corrected chi connectivity index (χ4v) is 3.76. The quantitative estimate of drug-likeness (QED) is 0.791. The van der Waals surface area contributed by atoms with Crippen molar-refractivity contribution in [3.8, 4) is 11.4 Å². The minimum absolute atomic E-state index is 0.133. The average Bonchev–Trinajstić information content (AvgIpc) is 3.10. The van der Waals surface area contributed by atoms with E-state index < -0.39 is 17.4 Å². The number of carboxylic acid groups (broad SMARTS) is 1. The highest BCUT2D eigenvalue weighted by molar-refractivity contribution is 5.97. The Hall–Kier alpha value is -2.90. The first-order valence-electron chi connectivity index (χ1n) is 9.53. The highest BCUT2D eigenvalue weighted by Crippen LogP contribution is 2.34. The number of aliphatic carboxylic acids is 1. The molecule has 1 heterocycles. The van der Waals surface area contributed by atoms with Gasteiger partial charge < -0.3 is 15.2 Å². The Morgan fingerprint density at radius 2 is 1.93 bits per heavy atom. The molecule has 1 aromatic carbocycles. The minimum Gasteiger partial charge on any atom is -0.497 e. The molecule has 0 saturated heterocycles. The summed E-state index contributed by atoms with van der Waals surface area (Å²) in [5.74, 6) is -0.266. The monoisotopic (exact) mass is 386 g/mol. The molecule has 1 amide bonds. The zero-order valence-electron chi connectivity index (χ0n) is 16.4. The van der Waals surface area contributed by atoms with Crippen LogP contribution in [0.1, 0.15) is 55.2 Å². The smallest absolute Gasteiger partial charge is 0.329 e. The molecule has 0 atom stereocenters. The van der Waals surface area contributed by atoms with Crippen LogP contribution in [0.2, 0.25) is 0 Å². The van der Waals surface area contributed by atoms with Crippen molar-refractivity contribution in [2.45, 2.75) is 51.5 Å². The maximum absolute atomic E-state index is 12.8. The Labute approximate surface area is 163 Å². The van der Waals surface area contributed by atoms with Crippen LogP contribution in [0.3, 0.4) is 0 Å². The molecule has 2 N–H and O–H groups in total. The lowest BCUT2D eigenvalue weighted by Crippen LogP contribution is -2.56. The van der Waals surface area contributed by atoms with Crippen molar-refractivity contribution in [1.82, 2.24) is 20.3 Å². The molecule has 28 heavy (non-hydrogen) atoms. The summed E-state index contributed by atoms with van der Waals surface area (Å²) in [7, 11) is 1.59. The van der Waals surface area contributed by atoms with Crippen LogP contribution < -0.4 is 10.1 Å². The molecule has 0 radical (unpaired) electrons. The zero-order valence-corrected chi connectivity index (χ0v) is 16.4. The van der Waals surface area contributed by atoms with Crippen LogP contribution in [-0.2, 0) is 4.79 Å². The molecule has 1 saturated carbocycles. The van der Waals surface area contributed by atoms with E-state index in [0.29, 0.717) is 30.2 Å². The fourth-order valence-electron chi connectivity index (χ4n) is 3.76. The van der Waals surface area contributed by atoms with Crippen LogP contribution in [0.15, 0.2) is 24.3 Å². The third kappa shape index (κ3) is 3.72. The topological polar surface area (TPSA) is 106 Å². The number of amides is 1. The second-order valence-corrected chi connectivity index (χ2v) is 7.33. The molecule has 0 spiro atoms. The third-order valence-electron chi connectivity index (χ3n) is 5.72. The largest absolute Gasteiger partial charge is 0.497 e. The van der Waals surface area contributed by atoms with Gasteiger partial charge in [0.25, 0.3) is 5.91 Å². The van der Waals surface area contributed by atoms with Crippen molar-refractivity contribution in [3.05, 3.63) is 35.7 Å². The second-order valence-electron chi connectivity index (χ2n) is 7.33. The van der Waals surface area contributed by atoms with Gasteiger partial charge in [-0.15, -0.1) is 5.10 Å². The van der Waals surface area contributed by atoms with Gasteiger partial charge in [-0.05, 0) is 62.8 Å². The van der Waals surface area contributed by atoms with Gasteiger partial charge in [-0.3, -0.25) is 4.79 Å². The van der Waals surface area contributed by atoms with Gasteiger partial charge in [0.05, 0.1) is 18.5 Å². The summed E-state index contributed by atoms with van der Waals surface area (Å²) in [4.78, 5) is 24.8. The van der Waals surface area contributed by atoms with Gasteiger partial charge in [0.15, 0.2) is 5.69 Å². The van der Waals surface area contributed by atoms with E-state index in [4.69, 9.17) is 4.74 Å². The molecular formula is C20H26N4O4. The Kier molecular flexibility index (Phi) is 5.67. The standard InChI is InChI=1S/C20H26N4O4/c1-4-14-9-11-20(12-10-14,19(26)27)21-18(25)17-13(2)24(23-22-17)15-5-7-16(28-3)8-6-15/h5-8,14H,4,9-12H2,1-3H3,(H,21,25)(H,26,27). The van der Waals surface area contributed by atoms with Crippen LogP contribution >= 0.6 is 0 Å². The molecular weight excluding hydrogens is 360 g/mol. The number of ether oxygens (including phenoxy) is 1. The minimum atomic E-state index is -1.24. The summed E-state index contributed by atoms with van der Waals surface area (Å²) < 4.78 is 6.70. The van der Waals surface area contributed by atoms with Gasteiger partial charge in [0.1, 0.15) is 11.3 Å². The first-order valence-corrected chi connectivity index (χ1v) is 9.53. The number of hydrogen-bond acceptors (Lipinski definition) is 5. The number of methoxy groups -OCH3 is 1. The van der Waals surface area contributed by atoms with Crippen molar-refractivity contribution < 1.29 is 19.4 Å². The molecule has 0 aliphatic heterocycles. The molecule has 0 bridgehead atoms. The number of nitrogens with zero attached hydrogens (tertiary/aromatic N) is 3. The molecule has 2 aromatic rings. The normalized spacial score (nSPS) is 21.9. The van der Waals surface area contributed by atoms with E-state index in [2.05, 4.69) is 22.6 Å². The summed E-state index contributed by atoms with van der Waals surface area (Å²) in [6.45, 7) is 3.85. The summed E-state index contributed by atoms with van der Waals surface area (Å²) in [6, 6.07) is 7.21. The van der Waals surface area contributed by atoms with Gasteiger partial charge in [-0.25, -0.2) is 9.48 Å². The highest BCUT2D eigenvalue weighted by atomic mass is 16.5. The molecule has 3 rings (SSSR count). The van der Waals surface area contributed by atoms with Crippen molar-refractivity contribution >= 4 is 11.9 Å². The fraction of sp³-hybridized carbons (Fsp3) is 0.500. The lowest BCUT2D eigenvalue weighted by Gasteiger charge is -2.37. The Balaban J connectivity index is 1.80. The lowest BCUT2D eigenvalue weighted by atomic mass is 9.75. The van der Waals surface area contributed by atoms with E-state index in [0.717, 1.165) is 24.9 Å². The molecule has 1 aromatic heterocycles. The zero-order chi connectivity index (χ0) is 20.3. The number of carboxylic acids is 1. The summed E-state index contributed by atoms with van der Waals surface area (Å²) >= 11 is 0. The van der Waals surface area contributed by atoms with Crippen LogP contribution in [0.25, 0.3) is 5.69 Å². The number of carbonyl (C=O) groups is 2. The van der Waals surface area contributed by atoms with Crippen LogP contribution in [0.4, 0.5) is 0 Å². The van der Waals surface area contributed by atoms with Gasteiger partial charge in [-0.2, -0.15) is 0 Å². The van der Waals surface area contributed by atoms with E-state index in [-0.39, 0.29) is 5.69 Å².